The highest BCUT2D eigenvalue weighted by atomic mass is 16.6. The molecule has 0 aliphatic carbocycles. The molecule has 7 N–H and O–H groups in total. The van der Waals surface area contributed by atoms with Crippen molar-refractivity contribution in [1.82, 2.24) is 10.3 Å². The fourth-order valence-electron chi connectivity index (χ4n) is 0.512. The van der Waals surface area contributed by atoms with E-state index in [-0.39, 0.29) is 17.3 Å². The van der Waals surface area contributed by atoms with Gasteiger partial charge in [-0.15, -0.1) is 0 Å². The number of aromatic nitrogens is 2. The first kappa shape index (κ1) is 7.28. The summed E-state index contributed by atoms with van der Waals surface area (Å²) in [5.41, 5.74) is 7.68. The first-order valence-electron chi connectivity index (χ1n) is 2.62. The maximum Gasteiger partial charge on any atom is 0.216 e. The van der Waals surface area contributed by atoms with Gasteiger partial charge in [0.2, 0.25) is 5.82 Å². The molecule has 0 atom stereocenters. The van der Waals surface area contributed by atoms with E-state index in [4.69, 9.17) is 17.4 Å². The van der Waals surface area contributed by atoms with Crippen LogP contribution in [0.4, 0.5) is 5.82 Å². The van der Waals surface area contributed by atoms with Crippen LogP contribution < -0.4 is 22.8 Å². The smallest absolute Gasteiger partial charge is 0.216 e. The van der Waals surface area contributed by atoms with E-state index in [9.17, 15) is 0 Å². The van der Waals surface area contributed by atoms with Crippen LogP contribution in [-0.4, -0.2) is 16.1 Å². The van der Waals surface area contributed by atoms with Gasteiger partial charge in [0, 0.05) is 0 Å². The normalized spacial score (nSPS) is 11.5. The summed E-state index contributed by atoms with van der Waals surface area (Å²) in [6, 6.07) is 0. The van der Waals surface area contributed by atoms with Gasteiger partial charge in [-0.2, -0.15) is 5.10 Å². The molecule has 0 amide bonds. The molecule has 1 rings (SSSR count). The molecule has 0 unspecified atom stereocenters. The fraction of sp³-hybridized carbons (Fsp3) is 0. The van der Waals surface area contributed by atoms with Gasteiger partial charge in [-0.25, -0.2) is 10.5 Å². The van der Waals surface area contributed by atoms with E-state index < -0.39 is 0 Å². The third-order valence-corrected chi connectivity index (χ3v) is 1.01. The number of hydrazone groups is 1. The largest absolute Gasteiger partial charge is 0.380 e. The number of hydrogen-bond donors (Lipinski definition) is 4. The van der Waals surface area contributed by atoms with Gasteiger partial charge in [0.1, 0.15) is 0 Å². The van der Waals surface area contributed by atoms with Crippen molar-refractivity contribution in [1.29, 1.82) is 0 Å². The monoisotopic (exact) mass is 157 g/mol. The lowest BCUT2D eigenvalue weighted by Gasteiger charge is -1.93. The van der Waals surface area contributed by atoms with Gasteiger partial charge in [0.25, 0.3) is 0 Å². The Morgan fingerprint density at radius 3 is 2.82 bits per heavy atom. The van der Waals surface area contributed by atoms with Crippen LogP contribution in [0.2, 0.25) is 0 Å². The minimum Gasteiger partial charge on any atom is -0.380 e. The SMILES string of the molecule is NN=C(N)c1nonc1NN. The molecule has 0 aliphatic heterocycles. The van der Waals surface area contributed by atoms with Gasteiger partial charge < -0.3 is 17.0 Å². The summed E-state index contributed by atoms with van der Waals surface area (Å²) in [5.74, 6) is 10.1. The average Bonchev–Trinajstić information content (AvgIpc) is 2.50. The van der Waals surface area contributed by atoms with Crippen LogP contribution in [0.25, 0.3) is 0 Å². The molecular weight excluding hydrogens is 150 g/mol. The highest BCUT2D eigenvalue weighted by Crippen LogP contribution is 2.05. The molecule has 0 bridgehead atoms. The fourth-order valence-corrected chi connectivity index (χ4v) is 0.512. The van der Waals surface area contributed by atoms with Crippen molar-refractivity contribution in [3.8, 4) is 0 Å². The van der Waals surface area contributed by atoms with Crippen molar-refractivity contribution in [2.24, 2.45) is 22.5 Å². The zero-order valence-corrected chi connectivity index (χ0v) is 5.48. The number of nitrogen functional groups attached to an aromatic ring is 1. The molecule has 1 aromatic rings. The van der Waals surface area contributed by atoms with Gasteiger partial charge in [0.15, 0.2) is 11.5 Å². The molecule has 0 saturated heterocycles. The molecule has 1 aromatic heterocycles. The summed E-state index contributed by atoms with van der Waals surface area (Å²) in [4.78, 5) is 0. The number of nitrogens with one attached hydrogen (secondary N) is 1. The number of hydrogen-bond acceptors (Lipinski definition) is 7. The topological polar surface area (TPSA) is 141 Å². The zero-order chi connectivity index (χ0) is 8.27. The standard InChI is InChI=1S/C3H7N7O/c4-2(7-5)1-3(8-6)10-11-9-1/h5-6H2,(H2,4,7)(H,8,10). The Labute approximate surface area is 61.3 Å². The van der Waals surface area contributed by atoms with E-state index in [0.29, 0.717) is 0 Å². The third kappa shape index (κ3) is 1.19. The van der Waals surface area contributed by atoms with Gasteiger partial charge in [-0.3, -0.25) is 0 Å². The molecular formula is C3H7N7O. The Kier molecular flexibility index (Phi) is 1.88. The summed E-state index contributed by atoms with van der Waals surface area (Å²) in [6.07, 6.45) is 0. The maximum atomic E-state index is 5.28. The van der Waals surface area contributed by atoms with Gasteiger partial charge in [-0.05, 0) is 10.3 Å². The predicted octanol–water partition coefficient (Wildman–Crippen LogP) is -2.07. The second kappa shape index (κ2) is 2.84. The van der Waals surface area contributed by atoms with Crippen LogP contribution in [0, 0.1) is 0 Å². The summed E-state index contributed by atoms with van der Waals surface area (Å²) in [7, 11) is 0. The Morgan fingerprint density at radius 2 is 2.27 bits per heavy atom. The number of nitrogens with two attached hydrogens (primary N) is 3. The third-order valence-electron chi connectivity index (χ3n) is 1.01. The van der Waals surface area contributed by atoms with Crippen molar-refractivity contribution >= 4 is 11.7 Å². The van der Waals surface area contributed by atoms with Crippen LogP contribution in [-0.2, 0) is 0 Å². The van der Waals surface area contributed by atoms with Gasteiger partial charge >= 0.3 is 0 Å². The lowest BCUT2D eigenvalue weighted by Crippen LogP contribution is -2.19. The quantitative estimate of drug-likeness (QED) is 0.167. The summed E-state index contributed by atoms with van der Waals surface area (Å²) in [6.45, 7) is 0. The Morgan fingerprint density at radius 1 is 1.55 bits per heavy atom. The molecule has 0 radical (unpaired) electrons. The molecule has 0 aromatic carbocycles. The Balaban J connectivity index is 3.02. The molecule has 0 saturated carbocycles. The van der Waals surface area contributed by atoms with Crippen LogP contribution >= 0.6 is 0 Å². The van der Waals surface area contributed by atoms with Crippen LogP contribution in [0.3, 0.4) is 0 Å². The maximum absolute atomic E-state index is 5.28. The number of nitrogens with zero attached hydrogens (tertiary/aromatic N) is 3. The van der Waals surface area contributed by atoms with Crippen LogP contribution in [0.15, 0.2) is 9.73 Å². The minimum atomic E-state index is -0.000741. The minimum absolute atomic E-state index is 0.000741. The van der Waals surface area contributed by atoms with Crippen molar-refractivity contribution in [2.75, 3.05) is 5.43 Å². The molecule has 8 heteroatoms. The molecule has 11 heavy (non-hydrogen) atoms. The lowest BCUT2D eigenvalue weighted by molar-refractivity contribution is 0.308. The van der Waals surface area contributed by atoms with Crippen molar-refractivity contribution in [3.05, 3.63) is 5.69 Å². The molecule has 60 valence electrons. The summed E-state index contributed by atoms with van der Waals surface area (Å²) >= 11 is 0. The van der Waals surface area contributed by atoms with E-state index in [1.54, 1.807) is 0 Å². The molecule has 0 fully saturated rings. The number of hydrazine groups is 1. The van der Waals surface area contributed by atoms with Crippen molar-refractivity contribution < 1.29 is 4.63 Å². The lowest BCUT2D eigenvalue weighted by atomic mass is 10.4. The first-order valence-corrected chi connectivity index (χ1v) is 2.62. The summed E-state index contributed by atoms with van der Waals surface area (Å²) < 4.78 is 4.30. The van der Waals surface area contributed by atoms with Crippen molar-refractivity contribution in [2.45, 2.75) is 0 Å². The van der Waals surface area contributed by atoms with E-state index >= 15 is 0 Å². The Bertz CT molecular complexity index is 264. The molecule has 0 aliphatic rings. The second-order valence-corrected chi connectivity index (χ2v) is 1.62. The van der Waals surface area contributed by atoms with Crippen molar-refractivity contribution in [3.63, 3.8) is 0 Å². The van der Waals surface area contributed by atoms with E-state index in [2.05, 4.69) is 25.5 Å². The Hall–Kier alpha value is -1.83. The summed E-state index contributed by atoms with van der Waals surface area (Å²) in [5, 5.41) is 9.93. The second-order valence-electron chi connectivity index (χ2n) is 1.62. The number of anilines is 1. The van der Waals surface area contributed by atoms with Crippen LogP contribution in [0.1, 0.15) is 5.69 Å². The molecule has 1 heterocycles. The number of amidine groups is 1. The van der Waals surface area contributed by atoms with Gasteiger partial charge in [0.05, 0.1) is 0 Å². The van der Waals surface area contributed by atoms with E-state index in [0.717, 1.165) is 0 Å². The van der Waals surface area contributed by atoms with E-state index in [1.165, 1.54) is 0 Å². The predicted molar refractivity (Wildman–Crippen MR) is 37.0 cm³/mol. The zero-order valence-electron chi connectivity index (χ0n) is 5.48. The van der Waals surface area contributed by atoms with Gasteiger partial charge in [-0.1, -0.05) is 0 Å². The highest BCUT2D eigenvalue weighted by Gasteiger charge is 2.11. The highest BCUT2D eigenvalue weighted by molar-refractivity contribution is 5.99. The van der Waals surface area contributed by atoms with E-state index in [1.807, 2.05) is 0 Å². The molecule has 0 spiro atoms. The van der Waals surface area contributed by atoms with Crippen LogP contribution in [0.5, 0.6) is 0 Å². The number of rotatable bonds is 2. The average molecular weight is 157 g/mol. The molecule has 8 nitrogen and oxygen atoms in total. The first-order chi connectivity index (χ1) is 5.29.